The lowest BCUT2D eigenvalue weighted by atomic mass is 10.1. The summed E-state index contributed by atoms with van der Waals surface area (Å²) in [7, 11) is 0. The van der Waals surface area contributed by atoms with Gasteiger partial charge in [-0.2, -0.15) is 10.1 Å². The van der Waals surface area contributed by atoms with Crippen molar-refractivity contribution in [3.63, 3.8) is 0 Å². The molecule has 3 aromatic heterocycles. The van der Waals surface area contributed by atoms with Crippen LogP contribution < -0.4 is 0 Å². The summed E-state index contributed by atoms with van der Waals surface area (Å²) in [5.41, 5.74) is 2.13. The van der Waals surface area contributed by atoms with Gasteiger partial charge >= 0.3 is 5.97 Å². The first-order valence-electron chi connectivity index (χ1n) is 8.37. The van der Waals surface area contributed by atoms with Crippen LogP contribution in [0.15, 0.2) is 16.8 Å². The molecule has 0 spiro atoms. The molecule has 0 aliphatic heterocycles. The molecule has 0 aromatic carbocycles. The molecular weight excluding hydrogens is 322 g/mol. The number of hydrogen-bond acceptors (Lipinski definition) is 7. The van der Waals surface area contributed by atoms with E-state index < -0.39 is 5.97 Å². The first-order valence-corrected chi connectivity index (χ1v) is 8.37. The van der Waals surface area contributed by atoms with E-state index in [-0.39, 0.29) is 18.5 Å². The van der Waals surface area contributed by atoms with Gasteiger partial charge in [0.2, 0.25) is 0 Å². The lowest BCUT2D eigenvalue weighted by Gasteiger charge is -2.09. The summed E-state index contributed by atoms with van der Waals surface area (Å²) >= 11 is 0. The standard InChI is InChI=1S/C17H19N5O3/c1-9(2)22-16-13(7-18-22)12(6-14(20-16)11-4-5-11)17(23)24-8-15-19-10(3)21-25-15/h6-7,9,11H,4-5,8H2,1-3H3. The Kier molecular flexibility index (Phi) is 3.74. The first-order chi connectivity index (χ1) is 12.0. The Bertz CT molecular complexity index is 939. The molecule has 0 atom stereocenters. The van der Waals surface area contributed by atoms with Crippen molar-refractivity contribution < 1.29 is 14.1 Å². The molecule has 0 radical (unpaired) electrons. The third kappa shape index (κ3) is 2.99. The zero-order chi connectivity index (χ0) is 17.6. The fraction of sp³-hybridized carbons (Fsp3) is 0.471. The van der Waals surface area contributed by atoms with Crippen molar-refractivity contribution in [1.29, 1.82) is 0 Å². The number of carbonyl (C=O) groups excluding carboxylic acids is 1. The van der Waals surface area contributed by atoms with Crippen LogP contribution in [0.2, 0.25) is 0 Å². The van der Waals surface area contributed by atoms with Crippen LogP contribution in [0.25, 0.3) is 11.0 Å². The molecule has 0 unspecified atom stereocenters. The number of aromatic nitrogens is 5. The molecule has 3 aromatic rings. The summed E-state index contributed by atoms with van der Waals surface area (Å²) in [4.78, 5) is 21.4. The maximum atomic E-state index is 12.6. The van der Waals surface area contributed by atoms with Gasteiger partial charge in [-0.25, -0.2) is 14.5 Å². The van der Waals surface area contributed by atoms with Gasteiger partial charge in [0.1, 0.15) is 0 Å². The van der Waals surface area contributed by atoms with Crippen LogP contribution in [-0.2, 0) is 11.3 Å². The van der Waals surface area contributed by atoms with Gasteiger partial charge in [0.15, 0.2) is 18.1 Å². The fourth-order valence-corrected chi connectivity index (χ4v) is 2.78. The van der Waals surface area contributed by atoms with E-state index in [1.165, 1.54) is 0 Å². The highest BCUT2D eigenvalue weighted by Gasteiger charge is 2.28. The minimum Gasteiger partial charge on any atom is -0.452 e. The Morgan fingerprint density at radius 1 is 1.40 bits per heavy atom. The highest BCUT2D eigenvalue weighted by Crippen LogP contribution is 2.40. The second-order valence-corrected chi connectivity index (χ2v) is 6.60. The van der Waals surface area contributed by atoms with Crippen LogP contribution >= 0.6 is 0 Å². The van der Waals surface area contributed by atoms with Crippen LogP contribution in [0.1, 0.15) is 66.4 Å². The number of esters is 1. The summed E-state index contributed by atoms with van der Waals surface area (Å²) in [5.74, 6) is 0.765. The smallest absolute Gasteiger partial charge is 0.339 e. The van der Waals surface area contributed by atoms with Crippen LogP contribution in [-0.4, -0.2) is 30.9 Å². The van der Waals surface area contributed by atoms with E-state index in [1.807, 2.05) is 24.6 Å². The van der Waals surface area contributed by atoms with Gasteiger partial charge in [0, 0.05) is 17.7 Å². The molecule has 8 nitrogen and oxygen atoms in total. The Balaban J connectivity index is 1.68. The summed E-state index contributed by atoms with van der Waals surface area (Å²) in [6.07, 6.45) is 3.88. The van der Waals surface area contributed by atoms with E-state index in [1.54, 1.807) is 13.1 Å². The van der Waals surface area contributed by atoms with E-state index >= 15 is 0 Å². The predicted molar refractivity (Wildman–Crippen MR) is 88.0 cm³/mol. The molecule has 0 saturated heterocycles. The molecule has 1 aliphatic rings. The number of nitrogens with zero attached hydrogens (tertiary/aromatic N) is 5. The summed E-state index contributed by atoms with van der Waals surface area (Å²) in [5, 5.41) is 8.77. The van der Waals surface area contributed by atoms with Crippen molar-refractivity contribution in [2.45, 2.75) is 52.2 Å². The van der Waals surface area contributed by atoms with Crippen LogP contribution in [0.3, 0.4) is 0 Å². The van der Waals surface area contributed by atoms with Crippen molar-refractivity contribution >= 4 is 17.0 Å². The molecule has 8 heteroatoms. The minimum absolute atomic E-state index is 0.0550. The van der Waals surface area contributed by atoms with Gasteiger partial charge in [-0.1, -0.05) is 5.16 Å². The second kappa shape index (κ2) is 5.94. The molecule has 0 bridgehead atoms. The van der Waals surface area contributed by atoms with E-state index in [9.17, 15) is 4.79 Å². The highest BCUT2D eigenvalue weighted by atomic mass is 16.6. The lowest BCUT2D eigenvalue weighted by Crippen LogP contribution is -2.09. The van der Waals surface area contributed by atoms with Crippen LogP contribution in [0.4, 0.5) is 0 Å². The summed E-state index contributed by atoms with van der Waals surface area (Å²) in [6, 6.07) is 1.98. The van der Waals surface area contributed by atoms with Crippen molar-refractivity contribution in [2.24, 2.45) is 0 Å². The zero-order valence-corrected chi connectivity index (χ0v) is 14.4. The van der Waals surface area contributed by atoms with E-state index in [0.717, 1.165) is 24.2 Å². The molecule has 1 saturated carbocycles. The zero-order valence-electron chi connectivity index (χ0n) is 14.4. The number of fused-ring (bicyclic) bond motifs is 1. The van der Waals surface area contributed by atoms with Gasteiger partial charge in [-0.05, 0) is 39.7 Å². The maximum absolute atomic E-state index is 12.6. The van der Waals surface area contributed by atoms with Crippen LogP contribution in [0.5, 0.6) is 0 Å². The molecule has 0 amide bonds. The van der Waals surface area contributed by atoms with Crippen molar-refractivity contribution in [2.75, 3.05) is 0 Å². The van der Waals surface area contributed by atoms with Crippen molar-refractivity contribution in [3.05, 3.63) is 35.2 Å². The van der Waals surface area contributed by atoms with Gasteiger partial charge in [-0.3, -0.25) is 0 Å². The number of carbonyl (C=O) groups is 1. The monoisotopic (exact) mass is 341 g/mol. The Morgan fingerprint density at radius 3 is 2.84 bits per heavy atom. The number of aryl methyl sites for hydroxylation is 1. The van der Waals surface area contributed by atoms with Crippen molar-refractivity contribution in [3.8, 4) is 0 Å². The largest absolute Gasteiger partial charge is 0.452 e. The number of hydrogen-bond donors (Lipinski definition) is 0. The normalized spacial score (nSPS) is 14.4. The molecule has 4 rings (SSSR count). The van der Waals surface area contributed by atoms with Gasteiger partial charge in [-0.15, -0.1) is 0 Å². The SMILES string of the molecule is Cc1noc(COC(=O)c2cc(C3CC3)nc3c2cnn3C(C)C)n1. The average molecular weight is 341 g/mol. The van der Waals surface area contributed by atoms with Crippen molar-refractivity contribution in [1.82, 2.24) is 24.9 Å². The predicted octanol–water partition coefficient (Wildman–Crippen LogP) is 2.94. The third-order valence-electron chi connectivity index (χ3n) is 4.19. The molecule has 130 valence electrons. The van der Waals surface area contributed by atoms with Crippen LogP contribution in [0, 0.1) is 6.92 Å². The Morgan fingerprint density at radius 2 is 2.20 bits per heavy atom. The van der Waals surface area contributed by atoms with E-state index in [4.69, 9.17) is 14.2 Å². The van der Waals surface area contributed by atoms with Gasteiger partial charge in [0.05, 0.1) is 17.1 Å². The molecule has 25 heavy (non-hydrogen) atoms. The number of ether oxygens (including phenoxy) is 1. The quantitative estimate of drug-likeness (QED) is 0.658. The van der Waals surface area contributed by atoms with E-state index in [2.05, 4.69) is 15.2 Å². The van der Waals surface area contributed by atoms with E-state index in [0.29, 0.717) is 22.7 Å². The lowest BCUT2D eigenvalue weighted by molar-refractivity contribution is 0.0432. The number of rotatable bonds is 5. The third-order valence-corrected chi connectivity index (χ3v) is 4.19. The summed E-state index contributed by atoms with van der Waals surface area (Å²) in [6.45, 7) is 5.73. The molecule has 0 N–H and O–H groups in total. The topological polar surface area (TPSA) is 95.9 Å². The minimum atomic E-state index is -0.437. The number of pyridine rings is 1. The van der Waals surface area contributed by atoms with Gasteiger partial charge < -0.3 is 9.26 Å². The average Bonchev–Trinajstić information content (AvgIpc) is 3.21. The summed E-state index contributed by atoms with van der Waals surface area (Å²) < 4.78 is 12.2. The highest BCUT2D eigenvalue weighted by molar-refractivity contribution is 6.02. The Labute approximate surface area is 144 Å². The molecule has 1 fully saturated rings. The molecular formula is C17H19N5O3. The molecule has 3 heterocycles. The second-order valence-electron chi connectivity index (χ2n) is 6.60. The van der Waals surface area contributed by atoms with Gasteiger partial charge in [0.25, 0.3) is 5.89 Å². The first kappa shape index (κ1) is 15.7. The Hall–Kier alpha value is -2.77. The molecule has 1 aliphatic carbocycles. The maximum Gasteiger partial charge on any atom is 0.339 e. The fourth-order valence-electron chi connectivity index (χ4n) is 2.78.